The van der Waals surface area contributed by atoms with Crippen molar-refractivity contribution < 1.29 is 29.0 Å². The molecule has 0 aliphatic heterocycles. The maximum absolute atomic E-state index is 11.0. The summed E-state index contributed by atoms with van der Waals surface area (Å²) in [5.74, 6) is 0.155. The van der Waals surface area contributed by atoms with Gasteiger partial charge in [0.1, 0.15) is 0 Å². The van der Waals surface area contributed by atoms with E-state index >= 15 is 0 Å². The lowest BCUT2D eigenvalue weighted by Crippen LogP contribution is -2.05. The van der Waals surface area contributed by atoms with Gasteiger partial charge >= 0.3 is 20.7 Å². The zero-order valence-electron chi connectivity index (χ0n) is 9.50. The molecule has 0 aliphatic carbocycles. The van der Waals surface area contributed by atoms with Crippen molar-refractivity contribution in [2.45, 2.75) is 19.8 Å². The molecule has 8 nitrogen and oxygen atoms in total. The fraction of sp³-hybridized carbons (Fsp3) is 0.429. The number of thiazole rings is 1. The molecule has 0 unspecified atom stereocenters. The molecule has 0 saturated heterocycles. The van der Waals surface area contributed by atoms with Crippen LogP contribution in [0.1, 0.15) is 24.6 Å². The Balaban J connectivity index is 3.21. The molecule has 0 amide bonds. The van der Waals surface area contributed by atoms with Gasteiger partial charge in [0.2, 0.25) is 5.13 Å². The molecule has 0 spiro atoms. The van der Waals surface area contributed by atoms with Gasteiger partial charge in [0, 0.05) is 11.1 Å². The molecule has 0 aromatic carbocycles. The molecule has 0 radical (unpaired) electrons. The molecular formula is C7H13N2O6P2S+. The Hall–Kier alpha value is -0.240. The van der Waals surface area contributed by atoms with Gasteiger partial charge in [-0.15, -0.1) is 0 Å². The van der Waals surface area contributed by atoms with Crippen molar-refractivity contribution in [3.63, 3.8) is 0 Å². The lowest BCUT2D eigenvalue weighted by Gasteiger charge is -2.06. The van der Waals surface area contributed by atoms with E-state index in [0.717, 1.165) is 16.2 Å². The fourth-order valence-electron chi connectivity index (χ4n) is 0.988. The minimum Gasteiger partial charge on any atom is -0.317 e. The third-order valence-corrected chi connectivity index (χ3v) is 5.84. The van der Waals surface area contributed by atoms with E-state index in [1.807, 2.05) is 13.8 Å². The number of hydrogen-bond donors (Lipinski definition) is 5. The molecule has 1 aromatic heterocycles. The van der Waals surface area contributed by atoms with Crippen LogP contribution >= 0.6 is 26.9 Å². The van der Waals surface area contributed by atoms with Gasteiger partial charge in [-0.05, 0) is 5.92 Å². The Morgan fingerprint density at radius 3 is 2.33 bits per heavy atom. The zero-order valence-corrected chi connectivity index (χ0v) is 12.1. The molecule has 11 heteroatoms. The monoisotopic (exact) mass is 315 g/mol. The molecule has 0 fully saturated rings. The van der Waals surface area contributed by atoms with Crippen LogP contribution in [-0.2, 0) is 4.57 Å². The van der Waals surface area contributed by atoms with Crippen molar-refractivity contribution in [3.8, 4) is 0 Å². The predicted molar refractivity (Wildman–Crippen MR) is 68.9 cm³/mol. The van der Waals surface area contributed by atoms with Gasteiger partial charge in [0.05, 0.1) is 0 Å². The van der Waals surface area contributed by atoms with Crippen molar-refractivity contribution in [2.75, 3.05) is 0 Å². The molecule has 18 heavy (non-hydrogen) atoms. The van der Waals surface area contributed by atoms with E-state index in [4.69, 9.17) is 24.5 Å². The van der Waals surface area contributed by atoms with Crippen LogP contribution in [0.3, 0.4) is 0 Å². The summed E-state index contributed by atoms with van der Waals surface area (Å²) in [5, 5.41) is -1.40. The van der Waals surface area contributed by atoms with E-state index in [1.54, 1.807) is 0 Å². The molecule has 0 saturated carbocycles. The molecule has 1 aromatic rings. The summed E-state index contributed by atoms with van der Waals surface area (Å²) in [7, 11) is -9.93. The topological polar surface area (TPSA) is 143 Å². The third kappa shape index (κ3) is 4.15. The second-order valence-electron chi connectivity index (χ2n) is 3.72. The van der Waals surface area contributed by atoms with Gasteiger partial charge < -0.3 is 9.79 Å². The van der Waals surface area contributed by atoms with Crippen LogP contribution in [0.4, 0.5) is 5.13 Å². The summed E-state index contributed by atoms with van der Waals surface area (Å²) in [5.41, 5.74) is 0. The molecule has 1 rings (SSSR count). The maximum atomic E-state index is 11.0. The highest BCUT2D eigenvalue weighted by molar-refractivity contribution is 8.00. The van der Waals surface area contributed by atoms with E-state index in [0.29, 0.717) is 0 Å². The quantitative estimate of drug-likeness (QED) is 0.414. The Bertz CT molecular complexity index is 502. The predicted octanol–water partition coefficient (Wildman–Crippen LogP) is 1.17. The number of aromatic nitrogens is 1. The summed E-state index contributed by atoms with van der Waals surface area (Å²) < 4.78 is 11.0. The minimum absolute atomic E-state index is 0.0569. The third-order valence-electron chi connectivity index (χ3n) is 1.80. The van der Waals surface area contributed by atoms with Crippen molar-refractivity contribution in [3.05, 3.63) is 11.1 Å². The van der Waals surface area contributed by atoms with Crippen molar-refractivity contribution in [2.24, 2.45) is 4.99 Å². The second-order valence-corrected chi connectivity index (χ2v) is 8.19. The van der Waals surface area contributed by atoms with Crippen LogP contribution in [0.15, 0.2) is 11.2 Å². The van der Waals surface area contributed by atoms with Crippen molar-refractivity contribution in [1.82, 2.24) is 4.98 Å². The summed E-state index contributed by atoms with van der Waals surface area (Å²) in [6.07, 6.45) is 1.47. The van der Waals surface area contributed by atoms with Crippen LogP contribution in [0, 0.1) is 0 Å². The highest BCUT2D eigenvalue weighted by Crippen LogP contribution is 2.61. The first-order chi connectivity index (χ1) is 8.01. The molecule has 0 bridgehead atoms. The van der Waals surface area contributed by atoms with Gasteiger partial charge in [0.15, 0.2) is 0 Å². The molecule has 1 heterocycles. The summed E-state index contributed by atoms with van der Waals surface area (Å²) >= 11 is 1.04. The fourth-order valence-corrected chi connectivity index (χ4v) is 3.77. The average molecular weight is 315 g/mol. The van der Waals surface area contributed by atoms with Gasteiger partial charge in [-0.3, -0.25) is 0 Å². The first-order valence-corrected chi connectivity index (χ1v) is 8.78. The van der Waals surface area contributed by atoms with Crippen LogP contribution < -0.4 is 0 Å². The summed E-state index contributed by atoms with van der Waals surface area (Å²) in [4.78, 5) is 52.6. The Kier molecular flexibility index (Phi) is 4.75. The van der Waals surface area contributed by atoms with Crippen LogP contribution in [0.2, 0.25) is 0 Å². The summed E-state index contributed by atoms with van der Waals surface area (Å²) in [6.45, 7) is 3.79. The lowest BCUT2D eigenvalue weighted by molar-refractivity contribution is 0.349. The molecule has 102 valence electrons. The summed E-state index contributed by atoms with van der Waals surface area (Å²) in [6, 6.07) is 0. The Morgan fingerprint density at radius 2 is 2.00 bits per heavy atom. The van der Waals surface area contributed by atoms with Gasteiger partial charge in [-0.1, -0.05) is 25.2 Å². The van der Waals surface area contributed by atoms with Gasteiger partial charge in [-0.2, -0.15) is 19.7 Å². The molecule has 0 atom stereocenters. The van der Waals surface area contributed by atoms with E-state index in [9.17, 15) is 4.57 Å². The first kappa shape index (κ1) is 15.8. The minimum atomic E-state index is -5.06. The number of aliphatic imine (C=N–C) groups is 1. The highest BCUT2D eigenvalue weighted by atomic mass is 32.1. The van der Waals surface area contributed by atoms with E-state index in [-0.39, 0.29) is 11.0 Å². The van der Waals surface area contributed by atoms with Crippen LogP contribution in [0.25, 0.3) is 0 Å². The van der Waals surface area contributed by atoms with E-state index in [1.165, 1.54) is 6.20 Å². The highest BCUT2D eigenvalue weighted by Gasteiger charge is 2.52. The second kappa shape index (κ2) is 5.40. The smallest absolute Gasteiger partial charge is 0.317 e. The normalized spacial score (nSPS) is 14.3. The number of rotatable bonds is 4. The van der Waals surface area contributed by atoms with E-state index in [2.05, 4.69) is 9.98 Å². The van der Waals surface area contributed by atoms with Gasteiger partial charge in [-0.25, -0.2) is 9.55 Å². The standard InChI is InChI=1S/C7H12N2O6P2S/c1-4(2)5-3-8-6(18-5)9-7(16(10,11)12)17(13,14)15/h3-4,10-12H,1-2H3,(H-,13,14,15)/p+1. The largest absolute Gasteiger partial charge is 0.469 e. The zero-order chi connectivity index (χ0) is 14.1. The number of nitrogens with zero attached hydrogens (tertiary/aromatic N) is 2. The van der Waals surface area contributed by atoms with Crippen LogP contribution in [0.5, 0.6) is 0 Å². The maximum Gasteiger partial charge on any atom is 0.469 e. The van der Waals surface area contributed by atoms with E-state index < -0.39 is 20.7 Å². The van der Waals surface area contributed by atoms with Crippen LogP contribution in [-0.4, -0.2) is 34.6 Å². The first-order valence-electron chi connectivity index (χ1n) is 4.70. The SMILES string of the molecule is CC(C)c1cnc(N=C(P(=O)(O)O)[P+](O)(O)O)s1. The average Bonchev–Trinajstić information content (AvgIpc) is 2.58. The lowest BCUT2D eigenvalue weighted by atomic mass is 10.2. The molecule has 5 N–H and O–H groups in total. The Labute approximate surface area is 107 Å². The molecular weight excluding hydrogens is 302 g/mol. The van der Waals surface area contributed by atoms with Gasteiger partial charge in [0.25, 0.3) is 0 Å². The van der Waals surface area contributed by atoms with Crippen molar-refractivity contribution >= 4 is 37.2 Å². The van der Waals surface area contributed by atoms with Crippen molar-refractivity contribution in [1.29, 1.82) is 0 Å². The Morgan fingerprint density at radius 1 is 1.44 bits per heavy atom. The molecule has 0 aliphatic rings. The number of hydrogen-bond acceptors (Lipinski definition) is 7.